The van der Waals surface area contributed by atoms with E-state index in [-0.39, 0.29) is 18.1 Å². The molecular formula is C22H28ClN3O4. The third kappa shape index (κ3) is 4.84. The number of aryl methyl sites for hydroxylation is 2. The van der Waals surface area contributed by atoms with E-state index in [0.29, 0.717) is 49.1 Å². The summed E-state index contributed by atoms with van der Waals surface area (Å²) in [5.41, 5.74) is 3.25. The molecule has 0 amide bonds. The van der Waals surface area contributed by atoms with Gasteiger partial charge in [0.15, 0.2) is 0 Å². The van der Waals surface area contributed by atoms with E-state index < -0.39 is 0 Å². The lowest BCUT2D eigenvalue weighted by Gasteiger charge is -2.22. The first-order valence-corrected chi connectivity index (χ1v) is 10.7. The SMILES string of the molecule is CCC(=O)OC1COCC1Nc1nc(CC)c(-c2ccc(OC)cc2Cl)nc1CC. The first kappa shape index (κ1) is 22.3. The predicted molar refractivity (Wildman–Crippen MR) is 116 cm³/mol. The average Bonchev–Trinajstić information content (AvgIpc) is 3.19. The standard InChI is InChI=1S/C22H28ClN3O4/c1-5-16-21(14-9-8-13(28-4)10-15(14)23)24-17(6-2)22(25-16)26-18-11-29-12-19(18)30-20(27)7-3/h8-10,18-19H,5-7,11-12H2,1-4H3,(H,25,26). The number of esters is 1. The Bertz CT molecular complexity index is 906. The second-order valence-corrected chi connectivity index (χ2v) is 7.44. The molecule has 1 saturated heterocycles. The minimum atomic E-state index is -0.343. The zero-order valence-corrected chi connectivity index (χ0v) is 18.6. The van der Waals surface area contributed by atoms with E-state index in [0.717, 1.165) is 22.6 Å². The molecule has 0 bridgehead atoms. The smallest absolute Gasteiger partial charge is 0.305 e. The van der Waals surface area contributed by atoms with Gasteiger partial charge in [-0.25, -0.2) is 9.97 Å². The fourth-order valence-corrected chi connectivity index (χ4v) is 3.62. The van der Waals surface area contributed by atoms with Crippen molar-refractivity contribution >= 4 is 23.4 Å². The number of aromatic nitrogens is 2. The molecule has 2 unspecified atom stereocenters. The van der Waals surface area contributed by atoms with Gasteiger partial charge >= 0.3 is 5.97 Å². The van der Waals surface area contributed by atoms with Crippen molar-refractivity contribution in [1.82, 2.24) is 9.97 Å². The fraction of sp³-hybridized carbons (Fsp3) is 0.500. The van der Waals surface area contributed by atoms with Gasteiger partial charge in [0, 0.05) is 12.0 Å². The summed E-state index contributed by atoms with van der Waals surface area (Å²) in [6.07, 6.45) is 1.37. The van der Waals surface area contributed by atoms with Crippen LogP contribution in [-0.4, -0.2) is 48.4 Å². The van der Waals surface area contributed by atoms with Crippen LogP contribution in [0, 0.1) is 0 Å². The number of methoxy groups -OCH3 is 1. The number of carbonyl (C=O) groups is 1. The third-order valence-corrected chi connectivity index (χ3v) is 5.38. The Kier molecular flexibility index (Phi) is 7.50. The summed E-state index contributed by atoms with van der Waals surface area (Å²) in [5.74, 6) is 1.14. The molecule has 0 radical (unpaired) electrons. The highest BCUT2D eigenvalue weighted by molar-refractivity contribution is 6.33. The van der Waals surface area contributed by atoms with Crippen molar-refractivity contribution in [3.63, 3.8) is 0 Å². The summed E-state index contributed by atoms with van der Waals surface area (Å²) < 4.78 is 16.3. The summed E-state index contributed by atoms with van der Waals surface area (Å²) in [5, 5.41) is 3.96. The predicted octanol–water partition coefficient (Wildman–Crippen LogP) is 4.06. The van der Waals surface area contributed by atoms with Crippen LogP contribution in [0.15, 0.2) is 18.2 Å². The van der Waals surface area contributed by atoms with E-state index in [2.05, 4.69) is 5.32 Å². The van der Waals surface area contributed by atoms with E-state index in [1.807, 2.05) is 26.0 Å². The average molecular weight is 434 g/mol. The van der Waals surface area contributed by atoms with Crippen molar-refractivity contribution in [3.8, 4) is 17.0 Å². The Hall–Kier alpha value is -2.38. The maximum Gasteiger partial charge on any atom is 0.305 e. The van der Waals surface area contributed by atoms with Gasteiger partial charge in [-0.1, -0.05) is 32.4 Å². The maximum atomic E-state index is 11.7. The first-order valence-electron chi connectivity index (χ1n) is 10.3. The third-order valence-electron chi connectivity index (χ3n) is 5.06. The van der Waals surface area contributed by atoms with E-state index in [9.17, 15) is 4.79 Å². The lowest BCUT2D eigenvalue weighted by atomic mass is 10.1. The van der Waals surface area contributed by atoms with Crippen LogP contribution in [0.5, 0.6) is 5.75 Å². The topological polar surface area (TPSA) is 82.6 Å². The van der Waals surface area contributed by atoms with E-state index in [1.54, 1.807) is 20.1 Å². The van der Waals surface area contributed by atoms with Gasteiger partial charge < -0.3 is 19.5 Å². The largest absolute Gasteiger partial charge is 0.497 e. The van der Waals surface area contributed by atoms with Gasteiger partial charge in [-0.3, -0.25) is 4.79 Å². The monoisotopic (exact) mass is 433 g/mol. The molecule has 1 N–H and O–H groups in total. The van der Waals surface area contributed by atoms with Gasteiger partial charge in [-0.2, -0.15) is 0 Å². The van der Waals surface area contributed by atoms with Gasteiger partial charge in [0.2, 0.25) is 0 Å². The fourth-order valence-electron chi connectivity index (χ4n) is 3.36. The number of ether oxygens (including phenoxy) is 3. The summed E-state index contributed by atoms with van der Waals surface area (Å²) in [6, 6.07) is 5.38. The van der Waals surface area contributed by atoms with Crippen molar-refractivity contribution in [2.24, 2.45) is 0 Å². The van der Waals surface area contributed by atoms with Crippen LogP contribution in [-0.2, 0) is 27.1 Å². The van der Waals surface area contributed by atoms with Crippen LogP contribution in [0.2, 0.25) is 5.02 Å². The molecule has 1 aliphatic rings. The van der Waals surface area contributed by atoms with Crippen LogP contribution < -0.4 is 10.1 Å². The molecule has 0 saturated carbocycles. The molecule has 30 heavy (non-hydrogen) atoms. The minimum absolute atomic E-state index is 0.166. The number of hydrogen-bond donors (Lipinski definition) is 1. The van der Waals surface area contributed by atoms with Gasteiger partial charge in [-0.05, 0) is 31.0 Å². The molecule has 8 heteroatoms. The van der Waals surface area contributed by atoms with Crippen LogP contribution in [0.3, 0.4) is 0 Å². The quantitative estimate of drug-likeness (QED) is 0.628. The number of hydrogen-bond acceptors (Lipinski definition) is 7. The molecule has 2 aromatic rings. The van der Waals surface area contributed by atoms with Crippen molar-refractivity contribution in [3.05, 3.63) is 34.6 Å². The molecular weight excluding hydrogens is 406 g/mol. The Labute approximate surface area is 182 Å². The highest BCUT2D eigenvalue weighted by atomic mass is 35.5. The Morgan fingerprint density at radius 3 is 2.60 bits per heavy atom. The van der Waals surface area contributed by atoms with Crippen LogP contribution in [0.1, 0.15) is 38.6 Å². The maximum absolute atomic E-state index is 11.7. The molecule has 1 aromatic carbocycles. The second kappa shape index (κ2) is 10.1. The number of anilines is 1. The molecule has 0 spiro atoms. The second-order valence-electron chi connectivity index (χ2n) is 7.04. The van der Waals surface area contributed by atoms with Crippen molar-refractivity contribution < 1.29 is 19.0 Å². The van der Waals surface area contributed by atoms with E-state index in [1.165, 1.54) is 0 Å². The number of rotatable bonds is 8. The Morgan fingerprint density at radius 2 is 1.97 bits per heavy atom. The molecule has 2 heterocycles. The number of nitrogens with zero attached hydrogens (tertiary/aromatic N) is 2. The zero-order chi connectivity index (χ0) is 21.7. The normalized spacial score (nSPS) is 18.3. The summed E-state index contributed by atoms with van der Waals surface area (Å²) in [4.78, 5) is 21.5. The highest BCUT2D eigenvalue weighted by Crippen LogP contribution is 2.33. The van der Waals surface area contributed by atoms with E-state index >= 15 is 0 Å². The lowest BCUT2D eigenvalue weighted by molar-refractivity contribution is -0.148. The molecule has 0 aliphatic carbocycles. The number of benzene rings is 1. The number of halogens is 1. The summed E-state index contributed by atoms with van der Waals surface area (Å²) >= 11 is 6.50. The molecule has 7 nitrogen and oxygen atoms in total. The first-order chi connectivity index (χ1) is 14.5. The van der Waals surface area contributed by atoms with Crippen LogP contribution >= 0.6 is 11.6 Å². The van der Waals surface area contributed by atoms with Gasteiger partial charge in [0.1, 0.15) is 17.7 Å². The number of nitrogens with one attached hydrogen (secondary N) is 1. The van der Waals surface area contributed by atoms with Gasteiger partial charge in [0.25, 0.3) is 0 Å². The van der Waals surface area contributed by atoms with Gasteiger partial charge in [0.05, 0.1) is 48.5 Å². The van der Waals surface area contributed by atoms with Crippen molar-refractivity contribution in [1.29, 1.82) is 0 Å². The molecule has 1 aromatic heterocycles. The molecule has 1 fully saturated rings. The summed E-state index contributed by atoms with van der Waals surface area (Å²) in [7, 11) is 1.61. The van der Waals surface area contributed by atoms with Crippen LogP contribution in [0.25, 0.3) is 11.3 Å². The Balaban J connectivity index is 1.93. The molecule has 162 valence electrons. The molecule has 2 atom stereocenters. The lowest BCUT2D eigenvalue weighted by Crippen LogP contribution is -2.36. The minimum Gasteiger partial charge on any atom is -0.497 e. The molecule has 1 aliphatic heterocycles. The highest BCUT2D eigenvalue weighted by Gasteiger charge is 2.32. The Morgan fingerprint density at radius 1 is 1.20 bits per heavy atom. The molecule has 3 rings (SSSR count). The number of carbonyl (C=O) groups excluding carboxylic acids is 1. The van der Waals surface area contributed by atoms with E-state index in [4.69, 9.17) is 35.8 Å². The van der Waals surface area contributed by atoms with Crippen molar-refractivity contribution in [2.75, 3.05) is 25.6 Å². The summed E-state index contributed by atoms with van der Waals surface area (Å²) in [6.45, 7) is 6.65. The zero-order valence-electron chi connectivity index (χ0n) is 17.8. The van der Waals surface area contributed by atoms with Crippen molar-refractivity contribution in [2.45, 2.75) is 52.2 Å². The van der Waals surface area contributed by atoms with Gasteiger partial charge in [-0.15, -0.1) is 0 Å². The van der Waals surface area contributed by atoms with Crippen LogP contribution in [0.4, 0.5) is 5.82 Å².